The van der Waals surface area contributed by atoms with E-state index < -0.39 is 0 Å². The van der Waals surface area contributed by atoms with Crippen molar-refractivity contribution in [3.05, 3.63) is 47.9 Å². The van der Waals surface area contributed by atoms with E-state index in [0.29, 0.717) is 31.3 Å². The number of hydrogen-bond donors (Lipinski definition) is 2. The number of anilines is 1. The fourth-order valence-electron chi connectivity index (χ4n) is 2.33. The van der Waals surface area contributed by atoms with Gasteiger partial charge in [-0.2, -0.15) is 0 Å². The van der Waals surface area contributed by atoms with Gasteiger partial charge in [-0.25, -0.2) is 0 Å². The summed E-state index contributed by atoms with van der Waals surface area (Å²) in [7, 11) is 0. The van der Waals surface area contributed by atoms with Gasteiger partial charge in [0, 0.05) is 25.5 Å². The third kappa shape index (κ3) is 4.46. The van der Waals surface area contributed by atoms with Crippen LogP contribution in [0, 0.1) is 0 Å². The van der Waals surface area contributed by atoms with E-state index in [1.165, 1.54) is 0 Å². The minimum absolute atomic E-state index is 0.153. The minimum atomic E-state index is -0.194. The Labute approximate surface area is 134 Å². The highest BCUT2D eigenvalue weighted by Gasteiger charge is 2.17. The Morgan fingerprint density at radius 1 is 1.17 bits per heavy atom. The first-order valence-corrected chi connectivity index (χ1v) is 7.67. The van der Waals surface area contributed by atoms with Crippen molar-refractivity contribution >= 4 is 11.7 Å². The summed E-state index contributed by atoms with van der Waals surface area (Å²) < 4.78 is 5.27. The molecule has 0 saturated carbocycles. The molecule has 7 nitrogen and oxygen atoms in total. The normalized spacial score (nSPS) is 15.1. The van der Waals surface area contributed by atoms with Crippen LogP contribution in [-0.2, 0) is 11.3 Å². The van der Waals surface area contributed by atoms with Crippen LogP contribution in [0.5, 0.6) is 0 Å². The first-order valence-electron chi connectivity index (χ1n) is 7.67. The number of carbonyl (C=O) groups excluding carboxylic acids is 1. The lowest BCUT2D eigenvalue weighted by atomic mass is 10.1. The minimum Gasteiger partial charge on any atom is -0.381 e. The van der Waals surface area contributed by atoms with Crippen LogP contribution in [0.1, 0.15) is 29.0 Å². The van der Waals surface area contributed by atoms with Gasteiger partial charge in [-0.15, -0.1) is 10.2 Å². The number of nitrogens with one attached hydrogen (secondary N) is 2. The second-order valence-corrected chi connectivity index (χ2v) is 5.34. The second kappa shape index (κ2) is 7.64. The highest BCUT2D eigenvalue weighted by Crippen LogP contribution is 2.08. The zero-order chi connectivity index (χ0) is 15.9. The molecule has 3 heterocycles. The van der Waals surface area contributed by atoms with Crippen LogP contribution in [-0.4, -0.2) is 40.3 Å². The summed E-state index contributed by atoms with van der Waals surface area (Å²) in [5.41, 5.74) is 1.23. The Morgan fingerprint density at radius 2 is 2.04 bits per heavy atom. The number of amides is 1. The first kappa shape index (κ1) is 15.4. The van der Waals surface area contributed by atoms with Gasteiger partial charge in [0.1, 0.15) is 5.82 Å². The van der Waals surface area contributed by atoms with Gasteiger partial charge in [0.2, 0.25) is 0 Å². The second-order valence-electron chi connectivity index (χ2n) is 5.34. The summed E-state index contributed by atoms with van der Waals surface area (Å²) in [5, 5.41) is 14.1. The quantitative estimate of drug-likeness (QED) is 0.867. The largest absolute Gasteiger partial charge is 0.381 e. The van der Waals surface area contributed by atoms with Crippen molar-refractivity contribution in [3.8, 4) is 0 Å². The predicted octanol–water partition coefficient (Wildman–Crippen LogP) is 1.39. The van der Waals surface area contributed by atoms with Gasteiger partial charge in [-0.3, -0.25) is 9.78 Å². The number of aromatic nitrogens is 3. The predicted molar refractivity (Wildman–Crippen MR) is 84.9 cm³/mol. The molecule has 2 N–H and O–H groups in total. The van der Waals surface area contributed by atoms with Crippen molar-refractivity contribution in [2.45, 2.75) is 25.4 Å². The highest BCUT2D eigenvalue weighted by molar-refractivity contribution is 5.92. The van der Waals surface area contributed by atoms with E-state index in [0.717, 1.165) is 18.5 Å². The molecule has 0 bridgehead atoms. The van der Waals surface area contributed by atoms with Gasteiger partial charge in [0.05, 0.1) is 12.2 Å². The molecule has 0 aromatic carbocycles. The Morgan fingerprint density at radius 3 is 2.74 bits per heavy atom. The molecule has 23 heavy (non-hydrogen) atoms. The summed E-state index contributed by atoms with van der Waals surface area (Å²) in [6, 6.07) is 9.29. The lowest BCUT2D eigenvalue weighted by Gasteiger charge is -2.22. The molecule has 1 amide bonds. The molecule has 1 aliphatic rings. The molecule has 0 radical (unpaired) electrons. The smallest absolute Gasteiger partial charge is 0.272 e. The molecule has 1 fully saturated rings. The first-order chi connectivity index (χ1) is 11.3. The lowest BCUT2D eigenvalue weighted by molar-refractivity contribution is 0.0693. The molecule has 1 saturated heterocycles. The standard InChI is InChI=1S/C16H19N5O2/c22-16(19-12-6-9-23-10-7-12)14-4-5-15(21-20-14)18-11-13-3-1-2-8-17-13/h1-5,8,12H,6-7,9-11H2,(H,18,21)(H,19,22). The van der Waals surface area contributed by atoms with E-state index >= 15 is 0 Å². The maximum Gasteiger partial charge on any atom is 0.272 e. The molecule has 2 aromatic rings. The summed E-state index contributed by atoms with van der Waals surface area (Å²) in [4.78, 5) is 16.3. The average Bonchev–Trinajstić information content (AvgIpc) is 2.62. The zero-order valence-electron chi connectivity index (χ0n) is 12.7. The van der Waals surface area contributed by atoms with Gasteiger partial charge < -0.3 is 15.4 Å². The summed E-state index contributed by atoms with van der Waals surface area (Å²) in [6.45, 7) is 1.93. The molecular formula is C16H19N5O2. The monoisotopic (exact) mass is 313 g/mol. The number of carbonyl (C=O) groups is 1. The van der Waals surface area contributed by atoms with Gasteiger partial charge in [0.15, 0.2) is 5.69 Å². The fourth-order valence-corrected chi connectivity index (χ4v) is 2.33. The zero-order valence-corrected chi connectivity index (χ0v) is 12.7. The van der Waals surface area contributed by atoms with E-state index in [2.05, 4.69) is 25.8 Å². The number of hydrogen-bond acceptors (Lipinski definition) is 6. The maximum atomic E-state index is 12.1. The maximum absolute atomic E-state index is 12.1. The Bertz CT molecular complexity index is 627. The molecule has 7 heteroatoms. The molecule has 0 unspecified atom stereocenters. The lowest BCUT2D eigenvalue weighted by Crippen LogP contribution is -2.39. The van der Waals surface area contributed by atoms with Crippen LogP contribution in [0.4, 0.5) is 5.82 Å². The molecule has 3 rings (SSSR count). The number of rotatable bonds is 5. The van der Waals surface area contributed by atoms with E-state index in [9.17, 15) is 4.79 Å². The Kier molecular flexibility index (Phi) is 5.10. The van der Waals surface area contributed by atoms with Crippen molar-refractivity contribution in [1.29, 1.82) is 0 Å². The van der Waals surface area contributed by atoms with Crippen LogP contribution < -0.4 is 10.6 Å². The highest BCUT2D eigenvalue weighted by atomic mass is 16.5. The van der Waals surface area contributed by atoms with Crippen LogP contribution >= 0.6 is 0 Å². The third-order valence-corrected chi connectivity index (χ3v) is 3.63. The van der Waals surface area contributed by atoms with Crippen molar-refractivity contribution < 1.29 is 9.53 Å². The van der Waals surface area contributed by atoms with E-state index in [4.69, 9.17) is 4.74 Å². The third-order valence-electron chi connectivity index (χ3n) is 3.63. The fraction of sp³-hybridized carbons (Fsp3) is 0.375. The SMILES string of the molecule is O=C(NC1CCOCC1)c1ccc(NCc2ccccn2)nn1. The van der Waals surface area contributed by atoms with E-state index in [1.807, 2.05) is 18.2 Å². The van der Waals surface area contributed by atoms with Gasteiger partial charge >= 0.3 is 0 Å². The topological polar surface area (TPSA) is 89.0 Å². The van der Waals surface area contributed by atoms with E-state index in [1.54, 1.807) is 18.3 Å². The molecule has 2 aromatic heterocycles. The molecule has 1 aliphatic heterocycles. The van der Waals surface area contributed by atoms with Gasteiger partial charge in [-0.05, 0) is 37.1 Å². The molecular weight excluding hydrogens is 294 g/mol. The van der Waals surface area contributed by atoms with Crippen molar-refractivity contribution in [2.75, 3.05) is 18.5 Å². The Balaban J connectivity index is 1.52. The number of pyridine rings is 1. The summed E-state index contributed by atoms with van der Waals surface area (Å²) in [5.74, 6) is 0.416. The van der Waals surface area contributed by atoms with Crippen molar-refractivity contribution in [3.63, 3.8) is 0 Å². The molecule has 120 valence electrons. The molecule has 0 spiro atoms. The average molecular weight is 313 g/mol. The number of nitrogens with zero attached hydrogens (tertiary/aromatic N) is 3. The van der Waals surface area contributed by atoms with Gasteiger partial charge in [-0.1, -0.05) is 6.07 Å². The summed E-state index contributed by atoms with van der Waals surface area (Å²) in [6.07, 6.45) is 3.41. The van der Waals surface area contributed by atoms with Crippen LogP contribution in [0.3, 0.4) is 0 Å². The van der Waals surface area contributed by atoms with Crippen molar-refractivity contribution in [1.82, 2.24) is 20.5 Å². The van der Waals surface area contributed by atoms with Crippen LogP contribution in [0.2, 0.25) is 0 Å². The van der Waals surface area contributed by atoms with Gasteiger partial charge in [0.25, 0.3) is 5.91 Å². The van der Waals surface area contributed by atoms with Crippen molar-refractivity contribution in [2.24, 2.45) is 0 Å². The van der Waals surface area contributed by atoms with E-state index in [-0.39, 0.29) is 11.9 Å². The van der Waals surface area contributed by atoms with Crippen LogP contribution in [0.15, 0.2) is 36.5 Å². The summed E-state index contributed by atoms with van der Waals surface area (Å²) >= 11 is 0. The number of ether oxygens (including phenoxy) is 1. The van der Waals surface area contributed by atoms with Crippen LogP contribution in [0.25, 0.3) is 0 Å². The Hall–Kier alpha value is -2.54. The molecule has 0 aliphatic carbocycles. The molecule has 0 atom stereocenters.